The van der Waals surface area contributed by atoms with Crippen molar-refractivity contribution in [3.05, 3.63) is 36.4 Å². The van der Waals surface area contributed by atoms with E-state index in [4.69, 9.17) is 10.00 Å². The van der Waals surface area contributed by atoms with Gasteiger partial charge in [0.25, 0.3) is 5.82 Å². The third-order valence-corrected chi connectivity index (χ3v) is 4.34. The van der Waals surface area contributed by atoms with E-state index in [0.717, 1.165) is 0 Å². The normalized spacial score (nSPS) is 19.2. The van der Waals surface area contributed by atoms with Crippen molar-refractivity contribution < 1.29 is 14.3 Å². The molecule has 0 spiro atoms. The summed E-state index contributed by atoms with van der Waals surface area (Å²) in [6.07, 6.45) is 3.21. The van der Waals surface area contributed by atoms with Crippen molar-refractivity contribution in [1.29, 1.82) is 5.26 Å². The fourth-order valence-corrected chi connectivity index (χ4v) is 3.04. The molecule has 1 amide bonds. The Morgan fingerprint density at radius 2 is 2.08 bits per heavy atom. The molecule has 1 saturated carbocycles. The highest BCUT2D eigenvalue weighted by atomic mass is 16.5. The quantitative estimate of drug-likeness (QED) is 0.848. The first-order valence-electron chi connectivity index (χ1n) is 7.92. The van der Waals surface area contributed by atoms with E-state index in [9.17, 15) is 9.59 Å². The van der Waals surface area contributed by atoms with Gasteiger partial charge in [0.2, 0.25) is 5.91 Å². The van der Waals surface area contributed by atoms with E-state index in [1.165, 1.54) is 18.1 Å². The number of nitrogens with one attached hydrogen (secondary N) is 1. The number of amides is 1. The van der Waals surface area contributed by atoms with E-state index in [1.54, 1.807) is 18.2 Å². The summed E-state index contributed by atoms with van der Waals surface area (Å²) >= 11 is 0. The van der Waals surface area contributed by atoms with Gasteiger partial charge in [-0.3, -0.25) is 9.59 Å². The average Bonchev–Trinajstić information content (AvgIpc) is 3.31. The monoisotopic (exact) mass is 339 g/mol. The van der Waals surface area contributed by atoms with Crippen LogP contribution in [0.5, 0.6) is 0 Å². The number of ether oxygens (including phenoxy) is 1. The smallest absolute Gasteiger partial charge is 0.308 e. The number of methoxy groups -OCH3 is 1. The maximum atomic E-state index is 12.6. The Labute approximate surface area is 144 Å². The highest BCUT2D eigenvalue weighted by Crippen LogP contribution is 2.33. The largest absolute Gasteiger partial charge is 0.469 e. The van der Waals surface area contributed by atoms with Crippen LogP contribution in [0.3, 0.4) is 0 Å². The van der Waals surface area contributed by atoms with E-state index in [-0.39, 0.29) is 29.5 Å². The SMILES string of the molecule is COC(=O)[C@@H]1CC[C@H](C(=O)Nc2ccccc2-n2cnc(C#N)n2)C1. The zero-order chi connectivity index (χ0) is 17.8. The third kappa shape index (κ3) is 3.50. The van der Waals surface area contributed by atoms with Crippen LogP contribution in [0.15, 0.2) is 30.6 Å². The number of hydrogen-bond acceptors (Lipinski definition) is 6. The first kappa shape index (κ1) is 16.6. The lowest BCUT2D eigenvalue weighted by molar-refractivity contribution is -0.145. The molecular formula is C17H17N5O3. The molecule has 1 aliphatic carbocycles. The Balaban J connectivity index is 1.74. The van der Waals surface area contributed by atoms with Crippen molar-refractivity contribution in [2.24, 2.45) is 11.8 Å². The Kier molecular flexibility index (Phi) is 4.75. The minimum atomic E-state index is -0.262. The van der Waals surface area contributed by atoms with Crippen LogP contribution in [0, 0.1) is 23.2 Å². The molecule has 25 heavy (non-hydrogen) atoms. The van der Waals surface area contributed by atoms with Crippen LogP contribution in [-0.2, 0) is 14.3 Å². The molecule has 2 aromatic rings. The number of benzene rings is 1. The summed E-state index contributed by atoms with van der Waals surface area (Å²) < 4.78 is 6.20. The molecule has 0 saturated heterocycles. The van der Waals surface area contributed by atoms with Gasteiger partial charge >= 0.3 is 5.97 Å². The summed E-state index contributed by atoms with van der Waals surface area (Å²) in [5.74, 6) is -0.799. The first-order chi connectivity index (χ1) is 12.1. The molecule has 8 nitrogen and oxygen atoms in total. The molecule has 2 atom stereocenters. The maximum Gasteiger partial charge on any atom is 0.308 e. The zero-order valence-corrected chi connectivity index (χ0v) is 13.7. The summed E-state index contributed by atoms with van der Waals surface area (Å²) in [5, 5.41) is 15.8. The summed E-state index contributed by atoms with van der Waals surface area (Å²) in [7, 11) is 1.36. The fraction of sp³-hybridized carbons (Fsp3) is 0.353. The van der Waals surface area contributed by atoms with Gasteiger partial charge in [-0.25, -0.2) is 9.67 Å². The van der Waals surface area contributed by atoms with E-state index in [0.29, 0.717) is 30.6 Å². The molecule has 0 bridgehead atoms. The van der Waals surface area contributed by atoms with Crippen LogP contribution in [0.2, 0.25) is 0 Å². The second-order valence-corrected chi connectivity index (χ2v) is 5.86. The lowest BCUT2D eigenvalue weighted by Crippen LogP contribution is -2.22. The summed E-state index contributed by atoms with van der Waals surface area (Å²) in [4.78, 5) is 28.0. The highest BCUT2D eigenvalue weighted by Gasteiger charge is 2.34. The minimum Gasteiger partial charge on any atom is -0.469 e. The number of hydrogen-bond donors (Lipinski definition) is 1. The van der Waals surface area contributed by atoms with Gasteiger partial charge in [-0.15, -0.1) is 5.10 Å². The Bertz CT molecular complexity index is 839. The number of anilines is 1. The van der Waals surface area contributed by atoms with Crippen molar-refractivity contribution in [3.8, 4) is 11.8 Å². The Morgan fingerprint density at radius 3 is 2.80 bits per heavy atom. The number of nitrogens with zero attached hydrogens (tertiary/aromatic N) is 4. The molecule has 1 N–H and O–H groups in total. The van der Waals surface area contributed by atoms with E-state index in [1.807, 2.05) is 12.1 Å². The topological polar surface area (TPSA) is 110 Å². The maximum absolute atomic E-state index is 12.6. The van der Waals surface area contributed by atoms with Gasteiger partial charge in [-0.2, -0.15) is 5.26 Å². The van der Waals surface area contributed by atoms with Crippen molar-refractivity contribution in [3.63, 3.8) is 0 Å². The highest BCUT2D eigenvalue weighted by molar-refractivity contribution is 5.95. The molecule has 0 aliphatic heterocycles. The molecule has 1 aromatic heterocycles. The molecular weight excluding hydrogens is 322 g/mol. The van der Waals surface area contributed by atoms with Crippen LogP contribution in [0.25, 0.3) is 5.69 Å². The number of para-hydroxylation sites is 2. The summed E-state index contributed by atoms with van der Waals surface area (Å²) in [6.45, 7) is 0. The predicted molar refractivity (Wildman–Crippen MR) is 87.6 cm³/mol. The van der Waals surface area contributed by atoms with Crippen LogP contribution in [0.1, 0.15) is 25.1 Å². The van der Waals surface area contributed by atoms with Crippen LogP contribution >= 0.6 is 0 Å². The second kappa shape index (κ2) is 7.13. The third-order valence-electron chi connectivity index (χ3n) is 4.34. The van der Waals surface area contributed by atoms with Gasteiger partial charge < -0.3 is 10.1 Å². The summed E-state index contributed by atoms with van der Waals surface area (Å²) in [5.41, 5.74) is 1.19. The van der Waals surface area contributed by atoms with Crippen LogP contribution in [0.4, 0.5) is 5.69 Å². The number of aromatic nitrogens is 3. The van der Waals surface area contributed by atoms with Gasteiger partial charge in [0.1, 0.15) is 12.4 Å². The second-order valence-electron chi connectivity index (χ2n) is 5.86. The number of esters is 1. The Morgan fingerprint density at radius 1 is 1.32 bits per heavy atom. The molecule has 0 unspecified atom stereocenters. The van der Waals surface area contributed by atoms with Gasteiger partial charge in [0.15, 0.2) is 0 Å². The van der Waals surface area contributed by atoms with Gasteiger partial charge in [0, 0.05) is 5.92 Å². The number of carbonyl (C=O) groups is 2. The first-order valence-corrected chi connectivity index (χ1v) is 7.92. The number of nitriles is 1. The van der Waals surface area contributed by atoms with Gasteiger partial charge in [0.05, 0.1) is 24.4 Å². The lowest BCUT2D eigenvalue weighted by atomic mass is 10.0. The van der Waals surface area contributed by atoms with E-state index in [2.05, 4.69) is 15.4 Å². The van der Waals surface area contributed by atoms with Crippen molar-refractivity contribution in [2.45, 2.75) is 19.3 Å². The predicted octanol–water partition coefficient (Wildman–Crippen LogP) is 1.67. The average molecular weight is 339 g/mol. The zero-order valence-electron chi connectivity index (χ0n) is 13.7. The van der Waals surface area contributed by atoms with Gasteiger partial charge in [-0.05, 0) is 31.4 Å². The number of rotatable bonds is 4. The van der Waals surface area contributed by atoms with Crippen molar-refractivity contribution in [2.75, 3.05) is 12.4 Å². The molecule has 0 radical (unpaired) electrons. The van der Waals surface area contributed by atoms with Crippen LogP contribution in [-0.4, -0.2) is 33.8 Å². The lowest BCUT2D eigenvalue weighted by Gasteiger charge is -2.14. The molecule has 1 fully saturated rings. The fourth-order valence-electron chi connectivity index (χ4n) is 3.04. The molecule has 1 heterocycles. The standard InChI is InChI=1S/C17H17N5O3/c1-25-17(24)12-7-6-11(8-12)16(23)20-13-4-2-3-5-14(13)22-10-19-15(9-18)21-22/h2-5,10-12H,6-8H2,1H3,(H,20,23)/t11-,12+/m0/s1. The van der Waals surface area contributed by atoms with Crippen molar-refractivity contribution in [1.82, 2.24) is 14.8 Å². The number of carbonyl (C=O) groups excluding carboxylic acids is 2. The minimum absolute atomic E-state index is 0.0536. The molecule has 1 aliphatic rings. The molecule has 3 rings (SSSR count). The molecule has 1 aromatic carbocycles. The van der Waals surface area contributed by atoms with Crippen molar-refractivity contribution >= 4 is 17.6 Å². The van der Waals surface area contributed by atoms with E-state index >= 15 is 0 Å². The van der Waals surface area contributed by atoms with E-state index < -0.39 is 0 Å². The van der Waals surface area contributed by atoms with Gasteiger partial charge in [-0.1, -0.05) is 12.1 Å². The summed E-state index contributed by atoms with van der Waals surface area (Å²) in [6, 6.07) is 9.01. The molecule has 128 valence electrons. The Hall–Kier alpha value is -3.21. The van der Waals surface area contributed by atoms with Crippen LogP contribution < -0.4 is 5.32 Å². The molecule has 8 heteroatoms.